The fourth-order valence-corrected chi connectivity index (χ4v) is 4.03. The number of halogens is 3. The minimum Gasteiger partial charge on any atom is -0.493 e. The SMILES string of the molecule is COc1ccc(/C=N/NC(=O)c2nn(-c3ccc(Cl)c(Cl)c3)c(-c3ccc(Cl)cc3)c2C)cc1OC. The molecule has 0 unspecified atom stereocenters. The number of ether oxygens (including phenoxy) is 2. The molecule has 1 N–H and O–H groups in total. The van der Waals surface area contributed by atoms with Gasteiger partial charge in [0.15, 0.2) is 17.2 Å². The average Bonchev–Trinajstić information content (AvgIpc) is 3.23. The van der Waals surface area contributed by atoms with Crippen molar-refractivity contribution in [3.8, 4) is 28.4 Å². The molecule has 1 aromatic heterocycles. The largest absolute Gasteiger partial charge is 0.493 e. The molecule has 0 radical (unpaired) electrons. The predicted molar refractivity (Wildman–Crippen MR) is 143 cm³/mol. The molecule has 10 heteroatoms. The molecule has 0 saturated carbocycles. The average molecular weight is 544 g/mol. The van der Waals surface area contributed by atoms with Crippen LogP contribution in [0.15, 0.2) is 65.8 Å². The number of hydrogen-bond donors (Lipinski definition) is 1. The highest BCUT2D eigenvalue weighted by Crippen LogP contribution is 2.32. The lowest BCUT2D eigenvalue weighted by atomic mass is 10.1. The Labute approximate surface area is 223 Å². The number of carbonyl (C=O) groups is 1. The molecule has 4 rings (SSSR count). The van der Waals surface area contributed by atoms with Gasteiger partial charge in [-0.3, -0.25) is 4.79 Å². The molecule has 1 heterocycles. The molecule has 0 fully saturated rings. The molecule has 7 nitrogen and oxygen atoms in total. The molecule has 0 spiro atoms. The molecule has 1 amide bonds. The van der Waals surface area contributed by atoms with Gasteiger partial charge in [-0.1, -0.05) is 46.9 Å². The number of aromatic nitrogens is 2. The van der Waals surface area contributed by atoms with Crippen LogP contribution in [0.4, 0.5) is 0 Å². The second-order valence-electron chi connectivity index (χ2n) is 7.65. The molecule has 4 aromatic rings. The number of benzene rings is 3. The topological polar surface area (TPSA) is 77.7 Å². The number of amides is 1. The van der Waals surface area contributed by atoms with E-state index in [2.05, 4.69) is 15.6 Å². The number of methoxy groups -OCH3 is 2. The van der Waals surface area contributed by atoms with Crippen LogP contribution in [0.2, 0.25) is 15.1 Å². The van der Waals surface area contributed by atoms with Crippen molar-refractivity contribution < 1.29 is 14.3 Å². The lowest BCUT2D eigenvalue weighted by Crippen LogP contribution is -2.19. The Hall–Kier alpha value is -3.52. The van der Waals surface area contributed by atoms with Gasteiger partial charge in [-0.15, -0.1) is 0 Å². The van der Waals surface area contributed by atoms with Crippen LogP contribution in [-0.2, 0) is 0 Å². The fraction of sp³-hybridized carbons (Fsp3) is 0.115. The lowest BCUT2D eigenvalue weighted by Gasteiger charge is -2.10. The second-order valence-corrected chi connectivity index (χ2v) is 8.90. The smallest absolute Gasteiger partial charge is 0.292 e. The molecule has 0 atom stereocenters. The number of carbonyl (C=O) groups excluding carboxylic acids is 1. The summed E-state index contributed by atoms with van der Waals surface area (Å²) in [7, 11) is 3.11. The third-order valence-corrected chi connectivity index (χ3v) is 6.38. The highest BCUT2D eigenvalue weighted by molar-refractivity contribution is 6.42. The number of rotatable bonds is 7. The molecule has 0 aliphatic heterocycles. The van der Waals surface area contributed by atoms with Crippen LogP contribution in [-0.4, -0.2) is 36.1 Å². The maximum absolute atomic E-state index is 13.1. The van der Waals surface area contributed by atoms with E-state index >= 15 is 0 Å². The van der Waals surface area contributed by atoms with E-state index in [1.54, 1.807) is 67.4 Å². The standard InChI is InChI=1S/C26H21Cl3N4O3/c1-15-24(26(34)31-30-14-16-4-11-22(35-2)23(12-16)36-3)32-33(19-9-10-20(28)21(29)13-19)25(15)17-5-7-18(27)8-6-17/h4-14H,1-3H3,(H,31,34)/b30-14+. The summed E-state index contributed by atoms with van der Waals surface area (Å²) in [6, 6.07) is 17.7. The Balaban J connectivity index is 1.68. The Morgan fingerprint density at radius 2 is 1.67 bits per heavy atom. The first kappa shape index (κ1) is 25.6. The van der Waals surface area contributed by atoms with E-state index in [-0.39, 0.29) is 5.69 Å². The van der Waals surface area contributed by atoms with Gasteiger partial charge in [0, 0.05) is 16.1 Å². The van der Waals surface area contributed by atoms with Crippen LogP contribution in [0, 0.1) is 6.92 Å². The maximum atomic E-state index is 13.1. The summed E-state index contributed by atoms with van der Waals surface area (Å²) in [5.74, 6) is 0.673. The lowest BCUT2D eigenvalue weighted by molar-refractivity contribution is 0.0949. The highest BCUT2D eigenvalue weighted by Gasteiger charge is 2.22. The van der Waals surface area contributed by atoms with E-state index < -0.39 is 5.91 Å². The summed E-state index contributed by atoms with van der Waals surface area (Å²) >= 11 is 18.4. The minimum atomic E-state index is -0.474. The molecule has 0 saturated heterocycles. The van der Waals surface area contributed by atoms with Crippen molar-refractivity contribution in [3.63, 3.8) is 0 Å². The molecule has 184 valence electrons. The van der Waals surface area contributed by atoms with Gasteiger partial charge in [0.05, 0.1) is 41.9 Å². The van der Waals surface area contributed by atoms with Gasteiger partial charge in [0.2, 0.25) is 0 Å². The quantitative estimate of drug-likeness (QED) is 0.211. The monoisotopic (exact) mass is 542 g/mol. The summed E-state index contributed by atoms with van der Waals surface area (Å²) in [6.07, 6.45) is 1.51. The van der Waals surface area contributed by atoms with Gasteiger partial charge >= 0.3 is 0 Å². The van der Waals surface area contributed by atoms with Crippen molar-refractivity contribution in [3.05, 3.63) is 92.6 Å². The van der Waals surface area contributed by atoms with E-state index in [9.17, 15) is 4.79 Å². The third-order valence-electron chi connectivity index (χ3n) is 5.39. The first-order valence-corrected chi connectivity index (χ1v) is 11.8. The van der Waals surface area contributed by atoms with Crippen molar-refractivity contribution in [1.29, 1.82) is 0 Å². The first-order valence-electron chi connectivity index (χ1n) is 10.7. The number of hydrogen-bond acceptors (Lipinski definition) is 5. The minimum absolute atomic E-state index is 0.204. The van der Waals surface area contributed by atoms with Crippen LogP contribution >= 0.6 is 34.8 Å². The van der Waals surface area contributed by atoms with Gasteiger partial charge in [-0.25, -0.2) is 10.1 Å². The Kier molecular flexibility index (Phi) is 7.84. The highest BCUT2D eigenvalue weighted by atomic mass is 35.5. The summed E-state index contributed by atoms with van der Waals surface area (Å²) in [5, 5.41) is 10.1. The molecule has 0 aliphatic rings. The molecule has 0 bridgehead atoms. The Morgan fingerprint density at radius 3 is 2.33 bits per heavy atom. The van der Waals surface area contributed by atoms with Crippen molar-refractivity contribution in [1.82, 2.24) is 15.2 Å². The van der Waals surface area contributed by atoms with Crippen LogP contribution in [0.1, 0.15) is 21.6 Å². The number of nitrogens with one attached hydrogen (secondary N) is 1. The molecule has 36 heavy (non-hydrogen) atoms. The predicted octanol–water partition coefficient (Wildman–Crippen LogP) is 6.59. The molecule has 0 aliphatic carbocycles. The van der Waals surface area contributed by atoms with Crippen molar-refractivity contribution in [2.24, 2.45) is 5.10 Å². The third kappa shape index (κ3) is 5.33. The normalized spacial score (nSPS) is 11.1. The molecular weight excluding hydrogens is 523 g/mol. The zero-order valence-electron chi connectivity index (χ0n) is 19.6. The van der Waals surface area contributed by atoms with E-state index in [4.69, 9.17) is 44.3 Å². The van der Waals surface area contributed by atoms with Crippen LogP contribution in [0.3, 0.4) is 0 Å². The van der Waals surface area contributed by atoms with E-state index in [1.807, 2.05) is 19.1 Å². The first-order chi connectivity index (χ1) is 17.3. The van der Waals surface area contributed by atoms with E-state index in [1.165, 1.54) is 6.21 Å². The molecular formula is C26H21Cl3N4O3. The van der Waals surface area contributed by atoms with Crippen molar-refractivity contribution in [2.45, 2.75) is 6.92 Å². The van der Waals surface area contributed by atoms with Gasteiger partial charge in [0.25, 0.3) is 5.91 Å². The summed E-state index contributed by atoms with van der Waals surface area (Å²) in [5.41, 5.74) is 6.29. The summed E-state index contributed by atoms with van der Waals surface area (Å²) in [4.78, 5) is 13.1. The summed E-state index contributed by atoms with van der Waals surface area (Å²) < 4.78 is 12.2. The van der Waals surface area contributed by atoms with Gasteiger partial charge in [0.1, 0.15) is 0 Å². The van der Waals surface area contributed by atoms with Crippen molar-refractivity contribution in [2.75, 3.05) is 14.2 Å². The van der Waals surface area contributed by atoms with Gasteiger partial charge in [-0.2, -0.15) is 10.2 Å². The van der Waals surface area contributed by atoms with Gasteiger partial charge in [-0.05, 0) is 61.0 Å². The maximum Gasteiger partial charge on any atom is 0.292 e. The number of nitrogens with zero attached hydrogens (tertiary/aromatic N) is 3. The molecule has 3 aromatic carbocycles. The van der Waals surface area contributed by atoms with Gasteiger partial charge < -0.3 is 9.47 Å². The van der Waals surface area contributed by atoms with E-state index in [0.717, 1.165) is 5.56 Å². The van der Waals surface area contributed by atoms with Crippen LogP contribution in [0.25, 0.3) is 16.9 Å². The second kappa shape index (κ2) is 11.0. The van der Waals surface area contributed by atoms with Crippen LogP contribution in [0.5, 0.6) is 11.5 Å². The number of hydrazone groups is 1. The Bertz CT molecular complexity index is 1450. The van der Waals surface area contributed by atoms with E-state index in [0.29, 0.717) is 49.1 Å². The zero-order chi connectivity index (χ0) is 25.8. The van der Waals surface area contributed by atoms with Crippen molar-refractivity contribution >= 4 is 46.9 Å². The van der Waals surface area contributed by atoms with Crippen LogP contribution < -0.4 is 14.9 Å². The Morgan fingerprint density at radius 1 is 0.944 bits per heavy atom. The zero-order valence-corrected chi connectivity index (χ0v) is 21.8. The summed E-state index contributed by atoms with van der Waals surface area (Å²) in [6.45, 7) is 1.82. The fourth-order valence-electron chi connectivity index (χ4n) is 3.61.